The standard InChI is InChI=1S/C13H13FN2O3S2/c1-2-13-15-10(8-20-13)7-12(17)16-21(18,19)11-5-3-9(14)4-6-11/h3-6,8H,2,7H2,1H3,(H,16,17). The summed E-state index contributed by atoms with van der Waals surface area (Å²) < 4.78 is 38.6. The van der Waals surface area contributed by atoms with Gasteiger partial charge in [-0.05, 0) is 30.7 Å². The quantitative estimate of drug-likeness (QED) is 0.909. The zero-order valence-corrected chi connectivity index (χ0v) is 12.8. The molecule has 1 heterocycles. The van der Waals surface area contributed by atoms with Crippen LogP contribution < -0.4 is 4.72 Å². The Morgan fingerprint density at radius 3 is 2.57 bits per heavy atom. The number of hydrogen-bond acceptors (Lipinski definition) is 5. The molecule has 1 N–H and O–H groups in total. The lowest BCUT2D eigenvalue weighted by Crippen LogP contribution is -2.31. The number of amides is 1. The van der Waals surface area contributed by atoms with Gasteiger partial charge in [0.05, 0.1) is 22.0 Å². The van der Waals surface area contributed by atoms with Gasteiger partial charge in [0.2, 0.25) is 5.91 Å². The molecule has 0 aliphatic rings. The average molecular weight is 328 g/mol. The molecule has 2 rings (SSSR count). The number of nitrogens with zero attached hydrogens (tertiary/aromatic N) is 1. The third-order valence-electron chi connectivity index (χ3n) is 2.62. The van der Waals surface area contributed by atoms with E-state index < -0.39 is 21.7 Å². The summed E-state index contributed by atoms with van der Waals surface area (Å²) in [5.41, 5.74) is 0.531. The van der Waals surface area contributed by atoms with Crippen molar-refractivity contribution in [2.24, 2.45) is 0 Å². The van der Waals surface area contributed by atoms with Gasteiger partial charge < -0.3 is 0 Å². The Bertz CT molecular complexity index is 739. The molecule has 0 aliphatic heterocycles. The van der Waals surface area contributed by atoms with Crippen molar-refractivity contribution in [1.29, 1.82) is 0 Å². The van der Waals surface area contributed by atoms with Crippen LogP contribution in [0.15, 0.2) is 34.5 Å². The molecule has 0 aliphatic carbocycles. The number of benzene rings is 1. The summed E-state index contributed by atoms with van der Waals surface area (Å²) in [4.78, 5) is 15.8. The molecular weight excluding hydrogens is 315 g/mol. The van der Waals surface area contributed by atoms with Crippen LogP contribution in [0.3, 0.4) is 0 Å². The largest absolute Gasteiger partial charge is 0.274 e. The van der Waals surface area contributed by atoms with Crippen LogP contribution in [0.5, 0.6) is 0 Å². The second kappa shape index (κ2) is 6.31. The molecule has 112 valence electrons. The second-order valence-corrected chi connectivity index (χ2v) is 6.87. The van der Waals surface area contributed by atoms with E-state index in [9.17, 15) is 17.6 Å². The highest BCUT2D eigenvalue weighted by Crippen LogP contribution is 2.12. The Morgan fingerprint density at radius 2 is 2.00 bits per heavy atom. The summed E-state index contributed by atoms with van der Waals surface area (Å²) in [6, 6.07) is 4.24. The lowest BCUT2D eigenvalue weighted by atomic mass is 10.3. The first-order valence-electron chi connectivity index (χ1n) is 6.15. The number of sulfonamides is 1. The highest BCUT2D eigenvalue weighted by Gasteiger charge is 2.18. The van der Waals surface area contributed by atoms with Crippen molar-refractivity contribution < 1.29 is 17.6 Å². The van der Waals surface area contributed by atoms with E-state index >= 15 is 0 Å². The molecule has 0 saturated heterocycles. The number of aryl methyl sites for hydroxylation is 1. The van der Waals surface area contributed by atoms with Crippen molar-refractivity contribution in [1.82, 2.24) is 9.71 Å². The minimum absolute atomic E-state index is 0.114. The Hall–Kier alpha value is -1.80. The van der Waals surface area contributed by atoms with Gasteiger partial charge in [0.15, 0.2) is 0 Å². The summed E-state index contributed by atoms with van der Waals surface area (Å²) in [6.07, 6.45) is 0.650. The summed E-state index contributed by atoms with van der Waals surface area (Å²) in [5, 5.41) is 2.61. The SMILES string of the molecule is CCc1nc(CC(=O)NS(=O)(=O)c2ccc(F)cc2)cs1. The summed E-state index contributed by atoms with van der Waals surface area (Å²) in [6.45, 7) is 1.95. The van der Waals surface area contributed by atoms with E-state index in [2.05, 4.69) is 4.98 Å². The predicted molar refractivity (Wildman–Crippen MR) is 76.9 cm³/mol. The Kier molecular flexibility index (Phi) is 4.69. The van der Waals surface area contributed by atoms with Gasteiger partial charge in [-0.3, -0.25) is 4.79 Å². The minimum Gasteiger partial charge on any atom is -0.274 e. The van der Waals surface area contributed by atoms with Gasteiger partial charge in [-0.25, -0.2) is 22.5 Å². The van der Waals surface area contributed by atoms with Crippen LogP contribution in [-0.4, -0.2) is 19.3 Å². The first-order valence-corrected chi connectivity index (χ1v) is 8.51. The second-order valence-electron chi connectivity index (χ2n) is 4.25. The molecule has 0 atom stereocenters. The number of aromatic nitrogens is 1. The van der Waals surface area contributed by atoms with Gasteiger partial charge >= 0.3 is 0 Å². The van der Waals surface area contributed by atoms with E-state index in [1.165, 1.54) is 11.3 Å². The molecular formula is C13H13FN2O3S2. The summed E-state index contributed by atoms with van der Waals surface area (Å²) in [7, 11) is -3.99. The smallest absolute Gasteiger partial charge is 0.264 e. The van der Waals surface area contributed by atoms with Crippen molar-refractivity contribution in [3.05, 3.63) is 46.2 Å². The molecule has 0 unspecified atom stereocenters. The summed E-state index contributed by atoms with van der Waals surface area (Å²) in [5.74, 6) is -1.22. The Balaban J connectivity index is 2.05. The first-order chi connectivity index (χ1) is 9.90. The molecule has 1 aromatic carbocycles. The number of hydrogen-bond donors (Lipinski definition) is 1. The molecule has 5 nitrogen and oxygen atoms in total. The van der Waals surface area contributed by atoms with Gasteiger partial charge in [-0.2, -0.15) is 0 Å². The number of thiazole rings is 1. The van der Waals surface area contributed by atoms with Crippen LogP contribution in [0.25, 0.3) is 0 Å². The lowest BCUT2D eigenvalue weighted by molar-refractivity contribution is -0.118. The molecule has 21 heavy (non-hydrogen) atoms. The van der Waals surface area contributed by atoms with E-state index in [1.54, 1.807) is 5.38 Å². The fraction of sp³-hybridized carbons (Fsp3) is 0.231. The van der Waals surface area contributed by atoms with Crippen molar-refractivity contribution in [3.8, 4) is 0 Å². The fourth-order valence-electron chi connectivity index (χ4n) is 1.62. The third-order valence-corrected chi connectivity index (χ3v) is 5.05. The first kappa shape index (κ1) is 15.6. The predicted octanol–water partition coefficient (Wildman–Crippen LogP) is 1.89. The van der Waals surface area contributed by atoms with E-state index in [-0.39, 0.29) is 11.3 Å². The molecule has 0 saturated carbocycles. The maximum Gasteiger partial charge on any atom is 0.264 e. The number of carbonyl (C=O) groups excluding carboxylic acids is 1. The van der Waals surface area contributed by atoms with E-state index in [1.807, 2.05) is 11.6 Å². The van der Waals surface area contributed by atoms with Gasteiger partial charge in [0.25, 0.3) is 10.0 Å². The molecule has 1 aromatic heterocycles. The van der Waals surface area contributed by atoms with Crippen LogP contribution in [0.4, 0.5) is 4.39 Å². The van der Waals surface area contributed by atoms with Crippen LogP contribution in [0, 0.1) is 5.82 Å². The maximum atomic E-state index is 12.8. The highest BCUT2D eigenvalue weighted by molar-refractivity contribution is 7.90. The van der Waals surface area contributed by atoms with Crippen molar-refractivity contribution in [2.45, 2.75) is 24.7 Å². The topological polar surface area (TPSA) is 76.1 Å². The molecule has 1 amide bonds. The molecule has 0 spiro atoms. The van der Waals surface area contributed by atoms with Crippen molar-refractivity contribution in [3.63, 3.8) is 0 Å². The Labute approximate surface area is 125 Å². The average Bonchev–Trinajstić information content (AvgIpc) is 2.86. The Morgan fingerprint density at radius 1 is 1.33 bits per heavy atom. The normalized spacial score (nSPS) is 11.3. The van der Waals surface area contributed by atoms with Crippen LogP contribution in [0.2, 0.25) is 0 Å². The van der Waals surface area contributed by atoms with Gasteiger partial charge in [0.1, 0.15) is 5.82 Å². The van der Waals surface area contributed by atoms with Crippen molar-refractivity contribution >= 4 is 27.3 Å². The number of halogens is 1. The minimum atomic E-state index is -3.99. The lowest BCUT2D eigenvalue weighted by Gasteiger charge is -2.06. The van der Waals surface area contributed by atoms with Crippen LogP contribution >= 0.6 is 11.3 Å². The molecule has 0 fully saturated rings. The summed E-state index contributed by atoms with van der Waals surface area (Å²) >= 11 is 1.43. The van der Waals surface area contributed by atoms with Crippen LogP contribution in [-0.2, 0) is 27.7 Å². The van der Waals surface area contributed by atoms with E-state index in [0.717, 1.165) is 35.7 Å². The van der Waals surface area contributed by atoms with Gasteiger partial charge in [-0.1, -0.05) is 6.92 Å². The van der Waals surface area contributed by atoms with E-state index in [4.69, 9.17) is 0 Å². The van der Waals surface area contributed by atoms with Gasteiger partial charge in [0, 0.05) is 5.38 Å². The van der Waals surface area contributed by atoms with E-state index in [0.29, 0.717) is 5.69 Å². The monoisotopic (exact) mass is 328 g/mol. The molecule has 0 bridgehead atoms. The molecule has 8 heteroatoms. The number of carbonyl (C=O) groups is 1. The zero-order chi connectivity index (χ0) is 15.5. The number of rotatable bonds is 5. The molecule has 2 aromatic rings. The van der Waals surface area contributed by atoms with Crippen molar-refractivity contribution in [2.75, 3.05) is 0 Å². The number of nitrogens with one attached hydrogen (secondary N) is 1. The molecule has 0 radical (unpaired) electrons. The highest BCUT2D eigenvalue weighted by atomic mass is 32.2. The van der Waals surface area contributed by atoms with Crippen LogP contribution in [0.1, 0.15) is 17.6 Å². The zero-order valence-electron chi connectivity index (χ0n) is 11.2. The fourth-order valence-corrected chi connectivity index (χ4v) is 3.34. The van der Waals surface area contributed by atoms with Gasteiger partial charge in [-0.15, -0.1) is 11.3 Å². The third kappa shape index (κ3) is 4.08. The maximum absolute atomic E-state index is 12.8.